The van der Waals surface area contributed by atoms with Crippen molar-refractivity contribution in [2.75, 3.05) is 51.4 Å². The molecule has 8 heteroatoms. The lowest BCUT2D eigenvalue weighted by Crippen LogP contribution is -2.36. The Morgan fingerprint density at radius 1 is 1.17 bits per heavy atom. The predicted octanol–water partition coefficient (Wildman–Crippen LogP) is 1.54. The van der Waals surface area contributed by atoms with Gasteiger partial charge in [0.1, 0.15) is 24.0 Å². The summed E-state index contributed by atoms with van der Waals surface area (Å²) in [4.78, 5) is 25.2. The average molecular weight is 398 g/mol. The van der Waals surface area contributed by atoms with Crippen molar-refractivity contribution in [1.29, 1.82) is 0 Å². The molecule has 154 valence electrons. The van der Waals surface area contributed by atoms with Gasteiger partial charge in [-0.3, -0.25) is 4.79 Å². The molecule has 0 bridgehead atoms. The van der Waals surface area contributed by atoms with Gasteiger partial charge in [-0.2, -0.15) is 0 Å². The zero-order valence-corrected chi connectivity index (χ0v) is 16.6. The van der Waals surface area contributed by atoms with Gasteiger partial charge in [-0.15, -0.1) is 0 Å². The first-order valence-electron chi connectivity index (χ1n) is 9.93. The van der Waals surface area contributed by atoms with Crippen LogP contribution in [0.1, 0.15) is 12.0 Å². The van der Waals surface area contributed by atoms with Gasteiger partial charge in [-0.25, -0.2) is 9.97 Å². The van der Waals surface area contributed by atoms with Crippen molar-refractivity contribution in [3.8, 4) is 11.6 Å². The second kappa shape index (κ2) is 9.09. The molecule has 1 atom stereocenters. The molecule has 2 fully saturated rings. The van der Waals surface area contributed by atoms with Crippen molar-refractivity contribution in [3.63, 3.8) is 0 Å². The zero-order chi connectivity index (χ0) is 20.1. The maximum atomic E-state index is 12.6. The van der Waals surface area contributed by atoms with E-state index < -0.39 is 0 Å². The molecule has 0 spiro atoms. The van der Waals surface area contributed by atoms with E-state index in [4.69, 9.17) is 14.2 Å². The Kier molecular flexibility index (Phi) is 6.09. The number of carbonyl (C=O) groups is 1. The van der Waals surface area contributed by atoms with Crippen LogP contribution in [0.4, 0.5) is 5.82 Å². The minimum Gasteiger partial charge on any atom is -0.497 e. The number of methoxy groups -OCH3 is 1. The van der Waals surface area contributed by atoms with E-state index in [0.29, 0.717) is 38.6 Å². The molecule has 2 saturated heterocycles. The van der Waals surface area contributed by atoms with E-state index in [-0.39, 0.29) is 12.0 Å². The summed E-state index contributed by atoms with van der Waals surface area (Å²) in [5.41, 5.74) is 0.978. The first kappa shape index (κ1) is 19.4. The van der Waals surface area contributed by atoms with Crippen LogP contribution in [0.3, 0.4) is 0 Å². The summed E-state index contributed by atoms with van der Waals surface area (Å²) < 4.78 is 16.6. The van der Waals surface area contributed by atoms with Gasteiger partial charge in [0.05, 0.1) is 33.3 Å². The van der Waals surface area contributed by atoms with Crippen molar-refractivity contribution >= 4 is 11.7 Å². The lowest BCUT2D eigenvalue weighted by Gasteiger charge is -2.27. The second-order valence-electron chi connectivity index (χ2n) is 7.21. The lowest BCUT2D eigenvalue weighted by molar-refractivity contribution is -0.129. The molecular formula is C21H26N4O4. The summed E-state index contributed by atoms with van der Waals surface area (Å²) in [5, 5.41) is 0. The van der Waals surface area contributed by atoms with Gasteiger partial charge in [0, 0.05) is 32.1 Å². The first-order chi connectivity index (χ1) is 14.2. The van der Waals surface area contributed by atoms with Crippen LogP contribution in [0.5, 0.6) is 11.6 Å². The summed E-state index contributed by atoms with van der Waals surface area (Å²) in [6.45, 7) is 4.30. The number of carbonyl (C=O) groups excluding carboxylic acids is 1. The highest BCUT2D eigenvalue weighted by atomic mass is 16.5. The lowest BCUT2D eigenvalue weighted by atomic mass is 10.1. The van der Waals surface area contributed by atoms with E-state index in [0.717, 1.165) is 36.6 Å². The van der Waals surface area contributed by atoms with Gasteiger partial charge >= 0.3 is 0 Å². The first-order valence-corrected chi connectivity index (χ1v) is 9.93. The summed E-state index contributed by atoms with van der Waals surface area (Å²) in [5.74, 6) is 2.30. The van der Waals surface area contributed by atoms with Crippen molar-refractivity contribution < 1.29 is 19.0 Å². The Balaban J connectivity index is 1.31. The van der Waals surface area contributed by atoms with Crippen LogP contribution in [0.25, 0.3) is 0 Å². The number of anilines is 1. The Morgan fingerprint density at radius 2 is 1.97 bits per heavy atom. The fraction of sp³-hybridized carbons (Fsp3) is 0.476. The summed E-state index contributed by atoms with van der Waals surface area (Å²) >= 11 is 0. The highest BCUT2D eigenvalue weighted by Gasteiger charge is 2.28. The zero-order valence-electron chi connectivity index (χ0n) is 16.6. The Morgan fingerprint density at radius 3 is 2.72 bits per heavy atom. The van der Waals surface area contributed by atoms with Crippen LogP contribution in [-0.2, 0) is 16.0 Å². The number of ether oxygens (including phenoxy) is 3. The molecule has 2 aliphatic heterocycles. The van der Waals surface area contributed by atoms with Crippen LogP contribution in [-0.4, -0.2) is 73.4 Å². The molecule has 0 aliphatic carbocycles. The summed E-state index contributed by atoms with van der Waals surface area (Å²) in [7, 11) is 1.63. The molecule has 1 amide bonds. The highest BCUT2D eigenvalue weighted by molar-refractivity contribution is 5.79. The van der Waals surface area contributed by atoms with E-state index in [1.165, 1.54) is 6.33 Å². The third-order valence-corrected chi connectivity index (χ3v) is 5.26. The molecular weight excluding hydrogens is 372 g/mol. The molecule has 8 nitrogen and oxygen atoms in total. The van der Waals surface area contributed by atoms with Crippen molar-refractivity contribution in [2.45, 2.75) is 18.9 Å². The number of likely N-dealkylation sites (tertiary alicyclic amines) is 1. The monoisotopic (exact) mass is 398 g/mol. The van der Waals surface area contributed by atoms with E-state index in [9.17, 15) is 4.79 Å². The fourth-order valence-corrected chi connectivity index (χ4v) is 3.61. The highest BCUT2D eigenvalue weighted by Crippen LogP contribution is 2.21. The number of hydrogen-bond acceptors (Lipinski definition) is 7. The van der Waals surface area contributed by atoms with Crippen LogP contribution < -0.4 is 14.4 Å². The van der Waals surface area contributed by atoms with Crippen LogP contribution >= 0.6 is 0 Å². The number of amides is 1. The average Bonchev–Trinajstić information content (AvgIpc) is 3.24. The molecule has 2 aromatic rings. The Bertz CT molecular complexity index is 824. The van der Waals surface area contributed by atoms with Crippen LogP contribution in [0.15, 0.2) is 36.7 Å². The molecule has 1 aromatic carbocycles. The Labute approximate surface area is 170 Å². The maximum Gasteiger partial charge on any atom is 0.227 e. The normalized spacial score (nSPS) is 19.3. The standard InChI is InChI=1S/C21H26N4O4/c1-27-17-4-2-16(3-5-17)12-21(26)25-7-6-18(14-25)29-20-13-19(22-15-23-20)24-8-10-28-11-9-24/h2-5,13,15,18H,6-12,14H2,1H3. The molecule has 1 unspecified atom stereocenters. The van der Waals surface area contributed by atoms with Gasteiger partial charge < -0.3 is 24.0 Å². The molecule has 3 heterocycles. The number of hydrogen-bond donors (Lipinski definition) is 0. The van der Waals surface area contributed by atoms with E-state index in [1.54, 1.807) is 7.11 Å². The van der Waals surface area contributed by atoms with Crippen molar-refractivity contribution in [2.24, 2.45) is 0 Å². The number of aromatic nitrogens is 2. The maximum absolute atomic E-state index is 12.6. The van der Waals surface area contributed by atoms with E-state index in [1.807, 2.05) is 35.2 Å². The number of nitrogens with zero attached hydrogens (tertiary/aromatic N) is 4. The number of rotatable bonds is 6. The molecule has 2 aliphatic rings. The molecule has 4 rings (SSSR count). The molecule has 0 radical (unpaired) electrons. The second-order valence-corrected chi connectivity index (χ2v) is 7.21. The van der Waals surface area contributed by atoms with E-state index in [2.05, 4.69) is 14.9 Å². The fourth-order valence-electron chi connectivity index (χ4n) is 3.61. The topological polar surface area (TPSA) is 77.0 Å². The van der Waals surface area contributed by atoms with Crippen LogP contribution in [0, 0.1) is 0 Å². The summed E-state index contributed by atoms with van der Waals surface area (Å²) in [6.07, 6.45) is 2.65. The van der Waals surface area contributed by atoms with E-state index >= 15 is 0 Å². The van der Waals surface area contributed by atoms with Gasteiger partial charge in [0.15, 0.2) is 0 Å². The quantitative estimate of drug-likeness (QED) is 0.731. The van der Waals surface area contributed by atoms with Gasteiger partial charge in [0.25, 0.3) is 0 Å². The van der Waals surface area contributed by atoms with Gasteiger partial charge in [-0.05, 0) is 17.7 Å². The minimum atomic E-state index is -0.0535. The van der Waals surface area contributed by atoms with Gasteiger partial charge in [-0.1, -0.05) is 12.1 Å². The van der Waals surface area contributed by atoms with Crippen LogP contribution in [0.2, 0.25) is 0 Å². The molecule has 0 saturated carbocycles. The van der Waals surface area contributed by atoms with Crippen molar-refractivity contribution in [3.05, 3.63) is 42.2 Å². The summed E-state index contributed by atoms with van der Waals surface area (Å²) in [6, 6.07) is 9.47. The van der Waals surface area contributed by atoms with Gasteiger partial charge in [0.2, 0.25) is 11.8 Å². The Hall–Kier alpha value is -2.87. The predicted molar refractivity (Wildman–Crippen MR) is 107 cm³/mol. The molecule has 1 aromatic heterocycles. The third-order valence-electron chi connectivity index (χ3n) is 5.26. The largest absolute Gasteiger partial charge is 0.497 e. The number of benzene rings is 1. The molecule has 0 N–H and O–H groups in total. The molecule has 29 heavy (non-hydrogen) atoms. The minimum absolute atomic E-state index is 0.0535. The number of morpholine rings is 1. The SMILES string of the molecule is COc1ccc(CC(=O)N2CCC(Oc3cc(N4CCOCC4)ncn3)C2)cc1. The smallest absolute Gasteiger partial charge is 0.227 e. The third kappa shape index (κ3) is 4.95. The van der Waals surface area contributed by atoms with Crippen molar-refractivity contribution in [1.82, 2.24) is 14.9 Å².